The second-order valence-electron chi connectivity index (χ2n) is 2.05. The fourth-order valence-electron chi connectivity index (χ4n) is 0.811. The van der Waals surface area contributed by atoms with E-state index in [1.54, 1.807) is 7.11 Å². The van der Waals surface area contributed by atoms with Gasteiger partial charge in [-0.3, -0.25) is 0 Å². The van der Waals surface area contributed by atoms with Gasteiger partial charge in [0.2, 0.25) is 0 Å². The van der Waals surface area contributed by atoms with Crippen molar-refractivity contribution in [1.82, 2.24) is 0 Å². The van der Waals surface area contributed by atoms with E-state index in [1.807, 2.05) is 0 Å². The monoisotopic (exact) mass is 114 g/mol. The average molecular weight is 114 g/mol. The molecule has 0 atom stereocenters. The maximum Gasteiger partial charge on any atom is 0.292 e. The molecule has 0 rings (SSSR count). The van der Waals surface area contributed by atoms with Crippen LogP contribution in [0.15, 0.2) is 0 Å². The number of hydrogen-bond acceptors (Lipinski definition) is 1. The Hall–Kier alpha value is 0.0249. The van der Waals surface area contributed by atoms with E-state index in [2.05, 4.69) is 13.8 Å². The van der Waals surface area contributed by atoms with E-state index < -0.39 is 0 Å². The molecule has 0 aromatic rings. The highest BCUT2D eigenvalue weighted by atomic mass is 16.4. The van der Waals surface area contributed by atoms with Gasteiger partial charge >= 0.3 is 0 Å². The van der Waals surface area contributed by atoms with Crippen molar-refractivity contribution in [1.29, 1.82) is 0 Å². The van der Waals surface area contributed by atoms with Crippen LogP contribution in [0.4, 0.5) is 0 Å². The molecule has 0 bridgehead atoms. The second kappa shape index (κ2) is 5.17. The van der Waals surface area contributed by atoms with Crippen molar-refractivity contribution in [2.75, 3.05) is 7.11 Å². The smallest absolute Gasteiger partial charge is 0.292 e. The molecule has 0 aliphatic carbocycles. The summed E-state index contributed by atoms with van der Waals surface area (Å²) in [5.41, 5.74) is 0. The Bertz CT molecular complexity index is 43.8. The Labute approximate surface area is 52.5 Å². The van der Waals surface area contributed by atoms with Crippen molar-refractivity contribution in [2.24, 2.45) is 0 Å². The third-order valence-electron chi connectivity index (χ3n) is 1.40. The molecular formula is C6H15BO. The van der Waals surface area contributed by atoms with Gasteiger partial charge in [0.15, 0.2) is 0 Å². The van der Waals surface area contributed by atoms with Crippen LogP contribution in [0.2, 0.25) is 12.6 Å². The highest BCUT2D eigenvalue weighted by Crippen LogP contribution is 2.01. The zero-order chi connectivity index (χ0) is 6.41. The first kappa shape index (κ1) is 8.02. The van der Waals surface area contributed by atoms with Gasteiger partial charge in [0.25, 0.3) is 6.92 Å². The minimum absolute atomic E-state index is 0.500. The zero-order valence-corrected chi connectivity index (χ0v) is 6.11. The molecule has 0 radical (unpaired) electrons. The molecule has 2 heteroatoms. The van der Waals surface area contributed by atoms with Crippen LogP contribution in [-0.2, 0) is 4.65 Å². The summed E-state index contributed by atoms with van der Waals surface area (Å²) in [4.78, 5) is 0. The Kier molecular flexibility index (Phi) is 5.18. The molecule has 1 nitrogen and oxygen atoms in total. The molecule has 0 N–H and O–H groups in total. The number of rotatable bonds is 4. The van der Waals surface area contributed by atoms with Gasteiger partial charge in [-0.05, 0) is 6.32 Å². The molecule has 48 valence electrons. The predicted molar refractivity (Wildman–Crippen MR) is 38.3 cm³/mol. The molecule has 0 aliphatic rings. The quantitative estimate of drug-likeness (QED) is 0.508. The summed E-state index contributed by atoms with van der Waals surface area (Å²) in [6.45, 7) is 4.84. The highest BCUT2D eigenvalue weighted by Gasteiger charge is 2.07. The third kappa shape index (κ3) is 3.08. The van der Waals surface area contributed by atoms with E-state index in [0.29, 0.717) is 6.92 Å². The van der Waals surface area contributed by atoms with E-state index >= 15 is 0 Å². The number of hydrogen-bond donors (Lipinski definition) is 0. The Morgan fingerprint density at radius 1 is 1.38 bits per heavy atom. The minimum atomic E-state index is 0.500. The van der Waals surface area contributed by atoms with Gasteiger partial charge in [0.1, 0.15) is 0 Å². The van der Waals surface area contributed by atoms with Crippen LogP contribution in [0.5, 0.6) is 0 Å². The van der Waals surface area contributed by atoms with E-state index in [-0.39, 0.29) is 0 Å². The van der Waals surface area contributed by atoms with Gasteiger partial charge in [0, 0.05) is 7.11 Å². The average Bonchev–Trinajstić information content (AvgIpc) is 1.83. The summed E-state index contributed by atoms with van der Waals surface area (Å²) in [6, 6.07) is 0. The van der Waals surface area contributed by atoms with Crippen LogP contribution >= 0.6 is 0 Å². The van der Waals surface area contributed by atoms with Gasteiger partial charge < -0.3 is 4.65 Å². The molecule has 0 saturated heterocycles. The maximum atomic E-state index is 5.14. The summed E-state index contributed by atoms with van der Waals surface area (Å²) < 4.78 is 5.14. The Balaban J connectivity index is 3.07. The topological polar surface area (TPSA) is 9.23 Å². The predicted octanol–water partition coefficient (Wildman–Crippen LogP) is 2.05. The SMILES string of the molecule is CCCB(CC)OC. The molecular weight excluding hydrogens is 98.9 g/mol. The van der Waals surface area contributed by atoms with Gasteiger partial charge in [-0.1, -0.05) is 26.6 Å². The fourth-order valence-corrected chi connectivity index (χ4v) is 0.811. The maximum absolute atomic E-state index is 5.14. The van der Waals surface area contributed by atoms with Crippen molar-refractivity contribution in [3.05, 3.63) is 0 Å². The Morgan fingerprint density at radius 2 is 2.00 bits per heavy atom. The molecule has 0 unspecified atom stereocenters. The second-order valence-corrected chi connectivity index (χ2v) is 2.05. The van der Waals surface area contributed by atoms with E-state index in [1.165, 1.54) is 12.7 Å². The van der Waals surface area contributed by atoms with Crippen LogP contribution in [0.1, 0.15) is 20.3 Å². The zero-order valence-electron chi connectivity index (χ0n) is 6.11. The first-order valence-electron chi connectivity index (χ1n) is 3.37. The first-order chi connectivity index (χ1) is 3.85. The van der Waals surface area contributed by atoms with Gasteiger partial charge in [-0.15, -0.1) is 0 Å². The van der Waals surface area contributed by atoms with Crippen molar-refractivity contribution >= 4 is 6.92 Å². The lowest BCUT2D eigenvalue weighted by Gasteiger charge is -2.04. The summed E-state index contributed by atoms with van der Waals surface area (Å²) in [5.74, 6) is 0. The van der Waals surface area contributed by atoms with E-state index in [9.17, 15) is 0 Å². The molecule has 0 spiro atoms. The molecule has 0 heterocycles. The lowest BCUT2D eigenvalue weighted by Crippen LogP contribution is -2.12. The summed E-state index contributed by atoms with van der Waals surface area (Å²) >= 11 is 0. The molecule has 0 amide bonds. The lowest BCUT2D eigenvalue weighted by atomic mass is 9.61. The fraction of sp³-hybridized carbons (Fsp3) is 1.00. The van der Waals surface area contributed by atoms with Crippen LogP contribution in [0, 0.1) is 0 Å². The summed E-state index contributed by atoms with van der Waals surface area (Å²) in [6.07, 6.45) is 3.57. The van der Waals surface area contributed by atoms with Crippen LogP contribution in [-0.4, -0.2) is 14.0 Å². The molecule has 0 fully saturated rings. The van der Waals surface area contributed by atoms with Crippen LogP contribution < -0.4 is 0 Å². The van der Waals surface area contributed by atoms with Crippen LogP contribution in [0.3, 0.4) is 0 Å². The van der Waals surface area contributed by atoms with E-state index in [4.69, 9.17) is 4.65 Å². The van der Waals surface area contributed by atoms with Gasteiger partial charge in [-0.25, -0.2) is 0 Å². The van der Waals surface area contributed by atoms with Crippen molar-refractivity contribution in [2.45, 2.75) is 32.9 Å². The minimum Gasteiger partial charge on any atom is -0.439 e. The van der Waals surface area contributed by atoms with Gasteiger partial charge in [0.05, 0.1) is 0 Å². The third-order valence-corrected chi connectivity index (χ3v) is 1.40. The Morgan fingerprint density at radius 3 is 2.12 bits per heavy atom. The summed E-state index contributed by atoms with van der Waals surface area (Å²) in [5, 5.41) is 0. The molecule has 0 aromatic carbocycles. The highest BCUT2D eigenvalue weighted by molar-refractivity contribution is 6.51. The largest absolute Gasteiger partial charge is 0.439 e. The van der Waals surface area contributed by atoms with Gasteiger partial charge in [-0.2, -0.15) is 0 Å². The normalized spacial score (nSPS) is 9.38. The molecule has 0 saturated carbocycles. The lowest BCUT2D eigenvalue weighted by molar-refractivity contribution is 0.418. The first-order valence-corrected chi connectivity index (χ1v) is 3.37. The van der Waals surface area contributed by atoms with Crippen molar-refractivity contribution < 1.29 is 4.65 Å². The molecule has 0 aliphatic heterocycles. The van der Waals surface area contributed by atoms with E-state index in [0.717, 1.165) is 6.32 Å². The van der Waals surface area contributed by atoms with Crippen LogP contribution in [0.25, 0.3) is 0 Å². The molecule has 0 aromatic heterocycles. The van der Waals surface area contributed by atoms with Crippen molar-refractivity contribution in [3.63, 3.8) is 0 Å². The standard InChI is InChI=1S/C6H15BO/c1-4-6-7(5-2)8-3/h4-6H2,1-3H3. The summed E-state index contributed by atoms with van der Waals surface area (Å²) in [7, 11) is 1.78. The van der Waals surface area contributed by atoms with Crippen molar-refractivity contribution in [3.8, 4) is 0 Å². The molecule has 8 heavy (non-hydrogen) atoms.